The summed E-state index contributed by atoms with van der Waals surface area (Å²) in [6.07, 6.45) is 12.0. The van der Waals surface area contributed by atoms with Crippen LogP contribution in [0.5, 0.6) is 0 Å². The van der Waals surface area contributed by atoms with Crippen LogP contribution in [0.2, 0.25) is 0 Å². The molecule has 1 saturated heterocycles. The Morgan fingerprint density at radius 2 is 1.91 bits per heavy atom. The van der Waals surface area contributed by atoms with Gasteiger partial charge in [0.05, 0.1) is 29.6 Å². The van der Waals surface area contributed by atoms with Gasteiger partial charge in [0.2, 0.25) is 21.8 Å². The molecule has 6 bridgehead atoms. The predicted molar refractivity (Wildman–Crippen MR) is 212 cm³/mol. The van der Waals surface area contributed by atoms with Gasteiger partial charge in [-0.1, -0.05) is 76.1 Å². The number of ether oxygens (including phenoxy) is 1. The van der Waals surface area contributed by atoms with E-state index in [0.29, 0.717) is 37.5 Å². The van der Waals surface area contributed by atoms with Crippen molar-refractivity contribution in [2.45, 2.75) is 126 Å². The molecule has 8 rings (SSSR count). The van der Waals surface area contributed by atoms with Crippen molar-refractivity contribution in [1.29, 1.82) is 0 Å². The number of carbonyl (C=O) groups is 3. The quantitative estimate of drug-likeness (QED) is 0.277. The molecular formula is C41H52N6O6S2. The summed E-state index contributed by atoms with van der Waals surface area (Å²) in [4.78, 5) is 51.6. The van der Waals surface area contributed by atoms with Crippen LogP contribution >= 0.6 is 11.3 Å². The number of thiazole rings is 1. The summed E-state index contributed by atoms with van der Waals surface area (Å²) in [5.41, 5.74) is 2.96. The zero-order valence-corrected chi connectivity index (χ0v) is 33.4. The van der Waals surface area contributed by atoms with Crippen molar-refractivity contribution in [2.75, 3.05) is 11.9 Å². The number of rotatable bonds is 8. The fourth-order valence-electron chi connectivity index (χ4n) is 8.89. The van der Waals surface area contributed by atoms with E-state index in [9.17, 15) is 22.8 Å². The fourth-order valence-corrected chi connectivity index (χ4v) is 11.3. The lowest BCUT2D eigenvalue weighted by atomic mass is 9.83. The minimum absolute atomic E-state index is 0.0248. The normalized spacial score (nSPS) is 29.9. The summed E-state index contributed by atoms with van der Waals surface area (Å²) in [6.45, 7) is 13.2. The van der Waals surface area contributed by atoms with Crippen molar-refractivity contribution in [1.82, 2.24) is 24.8 Å². The third-order valence-corrected chi connectivity index (χ3v) is 15.2. The second kappa shape index (κ2) is 14.4. The molecule has 12 nitrogen and oxygen atoms in total. The van der Waals surface area contributed by atoms with E-state index < -0.39 is 51.0 Å². The molecule has 0 spiro atoms. The maximum atomic E-state index is 15.0. The van der Waals surface area contributed by atoms with Gasteiger partial charge in [-0.3, -0.25) is 19.2 Å². The Labute approximate surface area is 327 Å². The van der Waals surface area contributed by atoms with Crippen molar-refractivity contribution in [3.8, 4) is 0 Å². The third kappa shape index (κ3) is 7.43. The molecule has 4 fully saturated rings. The highest BCUT2D eigenvalue weighted by molar-refractivity contribution is 7.90. The van der Waals surface area contributed by atoms with Crippen LogP contribution in [0.25, 0.3) is 6.08 Å². The van der Waals surface area contributed by atoms with Crippen LogP contribution in [0.1, 0.15) is 100 Å². The van der Waals surface area contributed by atoms with E-state index in [1.165, 1.54) is 11.3 Å². The number of allylic oxidation sites excluding steroid dienone is 1. The molecule has 3 saturated carbocycles. The van der Waals surface area contributed by atoms with Crippen molar-refractivity contribution < 1.29 is 27.5 Å². The molecule has 14 heteroatoms. The summed E-state index contributed by atoms with van der Waals surface area (Å²) >= 11 is 1.48. The van der Waals surface area contributed by atoms with Gasteiger partial charge in [0.1, 0.15) is 18.2 Å². The lowest BCUT2D eigenvalue weighted by Crippen LogP contribution is -2.55. The molecule has 5 atom stereocenters. The molecular weight excluding hydrogens is 737 g/mol. The molecule has 3 amide bonds. The van der Waals surface area contributed by atoms with Gasteiger partial charge in [0.25, 0.3) is 0 Å². The van der Waals surface area contributed by atoms with Crippen LogP contribution in [-0.2, 0) is 42.9 Å². The maximum Gasteiger partial charge on any atom is 0.410 e. The third-order valence-electron chi connectivity index (χ3n) is 12.6. The standard InChI is InChI=1S/C41H52N6O6S2/c1-5-29-20-41(29,25(2)45-55(51,52)31-16-17-31)44-36(48)33-19-30-22-47(33)37(49)35(27-11-7-6-8-12-27)43-38-42-34(24-54-38)40(3,4)18-10-15-26-13-9-14-28-21-46(23-32(26)28)39(50)53-30/h5,9-10,13-15,24,27,29-31,33,35,45H,1-2,6-8,11-12,16-23H2,3-4H3,(H,42,43)(H,44,48)/b15-10+/t29-,30-,33+,35+,41+/m1/s1. The number of hydrogen-bond acceptors (Lipinski definition) is 9. The van der Waals surface area contributed by atoms with Crippen LogP contribution in [0.4, 0.5) is 9.93 Å². The number of sulfonamides is 1. The number of nitrogens with zero attached hydrogens (tertiary/aromatic N) is 3. The number of hydrogen-bond donors (Lipinski definition) is 3. The van der Waals surface area contributed by atoms with E-state index in [1.54, 1.807) is 15.9 Å². The Hall–Kier alpha value is -4.17. The van der Waals surface area contributed by atoms with Crippen molar-refractivity contribution in [3.63, 3.8) is 0 Å². The number of nitrogens with one attached hydrogen (secondary N) is 3. The highest BCUT2D eigenvalue weighted by atomic mass is 32.2. The van der Waals surface area contributed by atoms with Gasteiger partial charge in [0, 0.05) is 35.4 Å². The molecule has 3 aliphatic heterocycles. The molecule has 1 aromatic heterocycles. The summed E-state index contributed by atoms with van der Waals surface area (Å²) < 4.78 is 34.6. The first-order valence-corrected chi connectivity index (χ1v) is 22.1. The van der Waals surface area contributed by atoms with E-state index in [1.807, 2.05) is 12.1 Å². The first-order chi connectivity index (χ1) is 26.3. The summed E-state index contributed by atoms with van der Waals surface area (Å²) in [6, 6.07) is 4.48. The van der Waals surface area contributed by atoms with Gasteiger partial charge in [-0.2, -0.15) is 0 Å². The smallest absolute Gasteiger partial charge is 0.410 e. The number of fused-ring (bicyclic) bond motifs is 5. The number of amides is 3. The SMILES string of the molecule is C=C[C@@H]1C[C@]1(NC(=O)[C@@H]1C[C@@H]2CN1C(=O)[C@H](C1CCCCC1)Nc1nc(cs1)C(C)(C)C/C=C/c1cccc3c1CN(C3)C(=O)O2)C(=C)NS(=O)(=O)C1CC1. The molecule has 55 heavy (non-hydrogen) atoms. The molecule has 6 aliphatic rings. The van der Waals surface area contributed by atoms with Gasteiger partial charge in [-0.25, -0.2) is 18.2 Å². The molecule has 4 heterocycles. The van der Waals surface area contributed by atoms with Gasteiger partial charge in [0.15, 0.2) is 5.13 Å². The zero-order chi connectivity index (χ0) is 38.7. The second-order valence-electron chi connectivity index (χ2n) is 17.0. The number of carbonyl (C=O) groups excluding carboxylic acids is 3. The van der Waals surface area contributed by atoms with Crippen molar-refractivity contribution in [2.24, 2.45) is 11.8 Å². The minimum atomic E-state index is -3.63. The Morgan fingerprint density at radius 3 is 2.64 bits per heavy atom. The molecule has 0 unspecified atom stereocenters. The van der Waals surface area contributed by atoms with E-state index in [-0.39, 0.29) is 41.8 Å². The minimum Gasteiger partial charge on any atom is -0.444 e. The average Bonchev–Trinajstić information content (AvgIpc) is 3.96. The van der Waals surface area contributed by atoms with E-state index in [2.05, 4.69) is 66.0 Å². The lowest BCUT2D eigenvalue weighted by molar-refractivity contribution is -0.140. The maximum absolute atomic E-state index is 15.0. The molecule has 3 aliphatic carbocycles. The largest absolute Gasteiger partial charge is 0.444 e. The monoisotopic (exact) mass is 788 g/mol. The van der Waals surface area contributed by atoms with Crippen LogP contribution in [-0.4, -0.2) is 76.6 Å². The Balaban J connectivity index is 1.12. The first-order valence-electron chi connectivity index (χ1n) is 19.7. The summed E-state index contributed by atoms with van der Waals surface area (Å²) in [5, 5.41) is 8.89. The van der Waals surface area contributed by atoms with Crippen molar-refractivity contribution >= 4 is 50.5 Å². The molecule has 3 N–H and O–H groups in total. The number of aromatic nitrogens is 1. The highest BCUT2D eigenvalue weighted by Gasteiger charge is 2.59. The number of anilines is 1. The molecule has 294 valence electrons. The van der Waals surface area contributed by atoms with Crippen LogP contribution < -0.4 is 15.4 Å². The summed E-state index contributed by atoms with van der Waals surface area (Å²) in [7, 11) is -3.63. The first kappa shape index (κ1) is 37.7. The zero-order valence-electron chi connectivity index (χ0n) is 31.7. The second-order valence-corrected chi connectivity index (χ2v) is 19.8. The Kier molecular flexibility index (Phi) is 9.88. The van der Waals surface area contributed by atoms with E-state index >= 15 is 0 Å². The molecule has 1 aromatic carbocycles. The Bertz CT molecular complexity index is 2030. The van der Waals surface area contributed by atoms with Crippen LogP contribution in [0.15, 0.2) is 54.6 Å². The van der Waals surface area contributed by atoms with Gasteiger partial charge in [-0.05, 0) is 61.1 Å². The topological polar surface area (TPSA) is 150 Å². The molecule has 0 radical (unpaired) electrons. The predicted octanol–water partition coefficient (Wildman–Crippen LogP) is 5.98. The van der Waals surface area contributed by atoms with Gasteiger partial charge >= 0.3 is 6.09 Å². The van der Waals surface area contributed by atoms with Crippen LogP contribution in [0, 0.1) is 11.8 Å². The average molecular weight is 789 g/mol. The fraction of sp³-hybridized carbons (Fsp3) is 0.561. The number of benzene rings is 1. The van der Waals surface area contributed by atoms with Crippen LogP contribution in [0.3, 0.4) is 0 Å². The van der Waals surface area contributed by atoms with Gasteiger partial charge in [-0.15, -0.1) is 17.9 Å². The van der Waals surface area contributed by atoms with E-state index in [4.69, 9.17) is 9.72 Å². The summed E-state index contributed by atoms with van der Waals surface area (Å²) in [5.74, 6) is -0.903. The van der Waals surface area contributed by atoms with Crippen molar-refractivity contribution in [3.05, 3.63) is 77.0 Å². The van der Waals surface area contributed by atoms with Gasteiger partial charge < -0.3 is 20.3 Å². The Morgan fingerprint density at radius 1 is 1.13 bits per heavy atom. The molecule has 2 aromatic rings. The highest BCUT2D eigenvalue weighted by Crippen LogP contribution is 2.49. The van der Waals surface area contributed by atoms with E-state index in [0.717, 1.165) is 60.9 Å². The lowest BCUT2D eigenvalue weighted by Gasteiger charge is -2.35.